The second kappa shape index (κ2) is 11.2. The summed E-state index contributed by atoms with van der Waals surface area (Å²) in [5.41, 5.74) is 1.54. The largest absolute Gasteiger partial charge is 0.416 e. The molecule has 3 nitrogen and oxygen atoms in total. The number of fused-ring (bicyclic) bond motifs is 2. The normalized spacial score (nSPS) is 15.6. The lowest BCUT2D eigenvalue weighted by Gasteiger charge is -2.36. The van der Waals surface area contributed by atoms with Crippen LogP contribution in [0.15, 0.2) is 65.5 Å². The van der Waals surface area contributed by atoms with Gasteiger partial charge in [0.25, 0.3) is 5.56 Å². The van der Waals surface area contributed by atoms with Crippen molar-refractivity contribution in [1.82, 2.24) is 9.47 Å². The molecule has 0 saturated carbocycles. The number of benzene rings is 3. The average Bonchev–Trinajstić information content (AvgIpc) is 2.89. The van der Waals surface area contributed by atoms with Gasteiger partial charge in [-0.1, -0.05) is 36.4 Å². The lowest BCUT2D eigenvalue weighted by molar-refractivity contribution is -0.143. The topological polar surface area (TPSA) is 25.2 Å². The first-order valence-electron chi connectivity index (χ1n) is 13.0. The molecule has 1 atom stereocenters. The van der Waals surface area contributed by atoms with E-state index < -0.39 is 29.5 Å². The quantitative estimate of drug-likeness (QED) is 0.221. The predicted octanol–water partition coefficient (Wildman–Crippen LogP) is 8.71. The number of halogens is 7. The van der Waals surface area contributed by atoms with Gasteiger partial charge in [-0.2, -0.15) is 26.3 Å². The monoisotopic (exact) mass is 594 g/mol. The second-order valence-electron chi connectivity index (χ2n) is 10.6. The van der Waals surface area contributed by atoms with E-state index >= 15 is 0 Å². The zero-order valence-electron chi connectivity index (χ0n) is 22.7. The molecule has 0 radical (unpaired) electrons. The van der Waals surface area contributed by atoms with Crippen LogP contribution >= 0.6 is 12.4 Å². The van der Waals surface area contributed by atoms with Gasteiger partial charge in [0, 0.05) is 29.7 Å². The Hall–Kier alpha value is -3.30. The van der Waals surface area contributed by atoms with Crippen LogP contribution in [0.1, 0.15) is 52.4 Å². The van der Waals surface area contributed by atoms with Crippen molar-refractivity contribution in [1.29, 1.82) is 0 Å². The minimum absolute atomic E-state index is 0. The van der Waals surface area contributed by atoms with Crippen LogP contribution in [-0.2, 0) is 25.4 Å². The van der Waals surface area contributed by atoms with E-state index in [0.717, 1.165) is 45.5 Å². The SMILES string of the molecule is Cc1cc2c(-c3ccccc3)c3n(c(=O)c2cc1C)CCCC3N(C)Cc1cc(C(F)(F)F)cc(C(F)(F)F)c1.Cl. The molecule has 1 aromatic heterocycles. The zero-order valence-corrected chi connectivity index (χ0v) is 23.5. The van der Waals surface area contributed by atoms with Gasteiger partial charge in [0.2, 0.25) is 0 Å². The Balaban J connectivity index is 0.00000387. The predicted molar refractivity (Wildman–Crippen MR) is 150 cm³/mol. The van der Waals surface area contributed by atoms with Crippen molar-refractivity contribution in [3.8, 4) is 11.1 Å². The van der Waals surface area contributed by atoms with Gasteiger partial charge in [0.05, 0.1) is 17.2 Å². The van der Waals surface area contributed by atoms with Gasteiger partial charge in [0.1, 0.15) is 0 Å². The lowest BCUT2D eigenvalue weighted by atomic mass is 9.88. The third-order valence-electron chi connectivity index (χ3n) is 7.77. The molecule has 218 valence electrons. The molecule has 0 spiro atoms. The Kier molecular flexibility index (Phi) is 8.35. The molecule has 2 heterocycles. The van der Waals surface area contributed by atoms with Crippen LogP contribution in [0.25, 0.3) is 21.9 Å². The summed E-state index contributed by atoms with van der Waals surface area (Å²) in [5, 5.41) is 1.37. The van der Waals surface area contributed by atoms with Gasteiger partial charge in [-0.25, -0.2) is 0 Å². The smallest absolute Gasteiger partial charge is 0.310 e. The van der Waals surface area contributed by atoms with Crippen molar-refractivity contribution >= 4 is 23.2 Å². The highest BCUT2D eigenvalue weighted by atomic mass is 35.5. The van der Waals surface area contributed by atoms with E-state index in [2.05, 4.69) is 0 Å². The molecule has 4 aromatic rings. The molecule has 3 aromatic carbocycles. The third-order valence-corrected chi connectivity index (χ3v) is 7.77. The van der Waals surface area contributed by atoms with E-state index in [-0.39, 0.29) is 36.1 Å². The van der Waals surface area contributed by atoms with Crippen LogP contribution in [0.3, 0.4) is 0 Å². The summed E-state index contributed by atoms with van der Waals surface area (Å²) in [6, 6.07) is 14.7. The highest BCUT2D eigenvalue weighted by molar-refractivity contribution is 5.98. The number of pyridine rings is 1. The lowest BCUT2D eigenvalue weighted by Crippen LogP contribution is -2.36. The third kappa shape index (κ3) is 5.88. The van der Waals surface area contributed by atoms with E-state index in [1.54, 1.807) is 16.5 Å². The number of nitrogens with zero attached hydrogens (tertiary/aromatic N) is 2. The molecule has 1 aliphatic rings. The van der Waals surface area contributed by atoms with Crippen molar-refractivity contribution < 1.29 is 26.3 Å². The summed E-state index contributed by atoms with van der Waals surface area (Å²) in [6.07, 6.45) is -8.61. The van der Waals surface area contributed by atoms with Crippen LogP contribution in [0.4, 0.5) is 26.3 Å². The molecule has 1 unspecified atom stereocenters. The van der Waals surface area contributed by atoms with Crippen molar-refractivity contribution in [3.63, 3.8) is 0 Å². The summed E-state index contributed by atoms with van der Waals surface area (Å²) in [6.45, 7) is 4.23. The maximum Gasteiger partial charge on any atom is 0.416 e. The number of alkyl halides is 6. The van der Waals surface area contributed by atoms with Gasteiger partial charge >= 0.3 is 12.4 Å². The van der Waals surface area contributed by atoms with Gasteiger partial charge in [-0.05, 0) is 85.6 Å². The molecule has 0 saturated heterocycles. The van der Waals surface area contributed by atoms with Gasteiger partial charge < -0.3 is 4.57 Å². The number of aromatic nitrogens is 1. The fourth-order valence-electron chi connectivity index (χ4n) is 5.72. The Bertz CT molecular complexity index is 1610. The Morgan fingerprint density at radius 3 is 1.98 bits per heavy atom. The maximum absolute atomic E-state index is 13.8. The number of hydrogen-bond donors (Lipinski definition) is 0. The summed E-state index contributed by atoms with van der Waals surface area (Å²) >= 11 is 0. The highest BCUT2D eigenvalue weighted by Gasteiger charge is 2.37. The average molecular weight is 595 g/mol. The summed E-state index contributed by atoms with van der Waals surface area (Å²) < 4.78 is 82.7. The number of rotatable bonds is 4. The van der Waals surface area contributed by atoms with E-state index in [4.69, 9.17) is 0 Å². The molecular weight excluding hydrogens is 566 g/mol. The molecule has 0 amide bonds. The molecular formula is C31H29ClF6N2O. The minimum Gasteiger partial charge on any atom is -0.310 e. The fraction of sp³-hybridized carbons (Fsp3) is 0.323. The van der Waals surface area contributed by atoms with Crippen LogP contribution < -0.4 is 5.56 Å². The summed E-state index contributed by atoms with van der Waals surface area (Å²) in [5.74, 6) is 0. The highest BCUT2D eigenvalue weighted by Crippen LogP contribution is 2.42. The second-order valence-corrected chi connectivity index (χ2v) is 10.6. The van der Waals surface area contributed by atoms with E-state index in [1.165, 1.54) is 0 Å². The first-order chi connectivity index (χ1) is 18.8. The summed E-state index contributed by atoms with van der Waals surface area (Å²) in [4.78, 5) is 15.5. The van der Waals surface area contributed by atoms with Crippen molar-refractivity contribution in [2.24, 2.45) is 0 Å². The fourth-order valence-corrected chi connectivity index (χ4v) is 5.72. The Morgan fingerprint density at radius 1 is 0.854 bits per heavy atom. The minimum atomic E-state index is -4.92. The Labute approximate surface area is 239 Å². The molecule has 0 bridgehead atoms. The van der Waals surface area contributed by atoms with E-state index in [0.29, 0.717) is 24.8 Å². The van der Waals surface area contributed by atoms with Crippen molar-refractivity contribution in [2.75, 3.05) is 7.05 Å². The first-order valence-corrected chi connectivity index (χ1v) is 13.0. The summed E-state index contributed by atoms with van der Waals surface area (Å²) in [7, 11) is 1.68. The molecule has 1 aliphatic heterocycles. The number of hydrogen-bond acceptors (Lipinski definition) is 2. The standard InChI is InChI=1S/C31H28F6N2O.ClH/c1-18-12-24-25(13-19(18)2)29(40)39-11-7-10-26(28(39)27(24)21-8-5-4-6-9-21)38(3)17-20-14-22(30(32,33)34)16-23(15-20)31(35,36)37;/h4-6,8-9,12-16,26H,7,10-11,17H2,1-3H3;1H. The first kappa shape index (κ1) is 30.7. The maximum atomic E-state index is 13.8. The van der Waals surface area contributed by atoms with Crippen LogP contribution in [0.5, 0.6) is 0 Å². The molecule has 0 fully saturated rings. The molecule has 5 rings (SSSR count). The van der Waals surface area contributed by atoms with Crippen LogP contribution in [0.2, 0.25) is 0 Å². The van der Waals surface area contributed by atoms with Crippen molar-refractivity contribution in [2.45, 2.75) is 58.2 Å². The van der Waals surface area contributed by atoms with Gasteiger partial charge in [0.15, 0.2) is 0 Å². The van der Waals surface area contributed by atoms with Gasteiger partial charge in [-0.15, -0.1) is 12.4 Å². The Morgan fingerprint density at radius 2 is 1.41 bits per heavy atom. The van der Waals surface area contributed by atoms with Gasteiger partial charge in [-0.3, -0.25) is 9.69 Å². The van der Waals surface area contributed by atoms with Crippen LogP contribution in [0, 0.1) is 13.8 Å². The zero-order chi connectivity index (χ0) is 29.0. The molecule has 0 aliphatic carbocycles. The van der Waals surface area contributed by atoms with E-state index in [9.17, 15) is 31.1 Å². The van der Waals surface area contributed by atoms with E-state index in [1.807, 2.05) is 56.3 Å². The van der Waals surface area contributed by atoms with Crippen molar-refractivity contribution in [3.05, 3.63) is 105 Å². The molecule has 10 heteroatoms. The molecule has 41 heavy (non-hydrogen) atoms. The molecule has 0 N–H and O–H groups in total. The number of aryl methyl sites for hydroxylation is 2. The van der Waals surface area contributed by atoms with Crippen LogP contribution in [-0.4, -0.2) is 16.5 Å².